The van der Waals surface area contributed by atoms with Crippen LogP contribution in [0.4, 0.5) is 0 Å². The van der Waals surface area contributed by atoms with Gasteiger partial charge in [0.05, 0.1) is 0 Å². The quantitative estimate of drug-likeness (QED) is 0.840. The minimum atomic E-state index is -0.219. The van der Waals surface area contributed by atoms with Crippen molar-refractivity contribution < 1.29 is 14.9 Å². The number of phenols is 1. The molecule has 0 unspecified atom stereocenters. The molecule has 2 rings (SSSR count). The minimum absolute atomic E-state index is 0.0545. The van der Waals surface area contributed by atoms with Crippen molar-refractivity contribution >= 4 is 11.6 Å². The highest BCUT2D eigenvalue weighted by Crippen LogP contribution is 2.30. The second-order valence-electron chi connectivity index (χ2n) is 2.96. The molecular formula is C10H7ClN2O3. The normalized spacial score (nSPS) is 10.1. The van der Waals surface area contributed by atoms with E-state index in [4.69, 9.17) is 16.3 Å². The number of benzene rings is 1. The van der Waals surface area contributed by atoms with Crippen LogP contribution in [0.5, 0.6) is 23.1 Å². The van der Waals surface area contributed by atoms with Crippen LogP contribution in [0.25, 0.3) is 0 Å². The van der Waals surface area contributed by atoms with Gasteiger partial charge in [-0.2, -0.15) is 0 Å². The van der Waals surface area contributed by atoms with Crippen LogP contribution in [0.15, 0.2) is 30.3 Å². The first-order valence-corrected chi connectivity index (χ1v) is 4.72. The molecule has 82 valence electrons. The third kappa shape index (κ3) is 2.32. The molecule has 1 aromatic carbocycles. The number of halogens is 1. The molecule has 0 saturated carbocycles. The van der Waals surface area contributed by atoms with Gasteiger partial charge in [-0.25, -0.2) is 0 Å². The average molecular weight is 239 g/mol. The average Bonchev–Trinajstić information content (AvgIpc) is 2.22. The Bertz CT molecular complexity index is 519. The lowest BCUT2D eigenvalue weighted by Gasteiger charge is -2.05. The Balaban J connectivity index is 2.27. The van der Waals surface area contributed by atoms with E-state index in [1.807, 2.05) is 0 Å². The number of ether oxygens (including phenoxy) is 1. The Hall–Kier alpha value is -2.01. The van der Waals surface area contributed by atoms with Gasteiger partial charge in [-0.15, -0.1) is 10.2 Å². The standard InChI is InChI=1S/C10H7ClN2O3/c11-9-5-8(15)10(13-12-9)16-7-3-1-2-6(14)4-7/h1-5,14H,(H,12,15). The monoisotopic (exact) mass is 238 g/mol. The van der Waals surface area contributed by atoms with Gasteiger partial charge in [0.15, 0.2) is 10.9 Å². The summed E-state index contributed by atoms with van der Waals surface area (Å²) in [6, 6.07) is 7.31. The molecule has 0 radical (unpaired) electrons. The summed E-state index contributed by atoms with van der Waals surface area (Å²) in [7, 11) is 0. The first-order valence-electron chi connectivity index (χ1n) is 4.34. The smallest absolute Gasteiger partial charge is 0.281 e. The van der Waals surface area contributed by atoms with Crippen molar-refractivity contribution in [2.75, 3.05) is 0 Å². The van der Waals surface area contributed by atoms with E-state index in [2.05, 4.69) is 10.2 Å². The zero-order valence-electron chi connectivity index (χ0n) is 7.96. The largest absolute Gasteiger partial charge is 0.508 e. The Kier molecular flexibility index (Phi) is 2.78. The Labute approximate surface area is 95.9 Å². The first kappa shape index (κ1) is 10.5. The SMILES string of the molecule is Oc1cccc(Oc2nnc(Cl)cc2O)c1. The van der Waals surface area contributed by atoms with Gasteiger partial charge in [0.1, 0.15) is 11.5 Å². The second kappa shape index (κ2) is 4.24. The minimum Gasteiger partial charge on any atom is -0.508 e. The van der Waals surface area contributed by atoms with Gasteiger partial charge in [-0.1, -0.05) is 17.7 Å². The van der Waals surface area contributed by atoms with Crippen LogP contribution >= 0.6 is 11.6 Å². The van der Waals surface area contributed by atoms with Gasteiger partial charge < -0.3 is 14.9 Å². The van der Waals surface area contributed by atoms with Gasteiger partial charge in [0, 0.05) is 12.1 Å². The number of aromatic nitrogens is 2. The summed E-state index contributed by atoms with van der Waals surface area (Å²) in [4.78, 5) is 0. The summed E-state index contributed by atoms with van der Waals surface area (Å²) in [5.74, 6) is 0.101. The zero-order valence-corrected chi connectivity index (χ0v) is 8.72. The molecule has 0 amide bonds. The molecule has 0 spiro atoms. The predicted molar refractivity (Wildman–Crippen MR) is 56.9 cm³/mol. The molecule has 0 atom stereocenters. The zero-order chi connectivity index (χ0) is 11.5. The fraction of sp³-hybridized carbons (Fsp3) is 0. The van der Waals surface area contributed by atoms with Crippen LogP contribution in [0.1, 0.15) is 0 Å². The summed E-state index contributed by atoms with van der Waals surface area (Å²) >= 11 is 5.52. The van der Waals surface area contributed by atoms with E-state index in [0.29, 0.717) is 5.75 Å². The lowest BCUT2D eigenvalue weighted by atomic mass is 10.3. The molecule has 1 heterocycles. The molecule has 1 aromatic heterocycles. The molecule has 2 N–H and O–H groups in total. The number of rotatable bonds is 2. The first-order chi connectivity index (χ1) is 7.65. The highest BCUT2D eigenvalue weighted by molar-refractivity contribution is 6.29. The van der Waals surface area contributed by atoms with Crippen LogP contribution in [-0.2, 0) is 0 Å². The topological polar surface area (TPSA) is 75.5 Å². The van der Waals surface area contributed by atoms with Crippen LogP contribution in [0.2, 0.25) is 5.15 Å². The fourth-order valence-corrected chi connectivity index (χ4v) is 1.22. The fourth-order valence-electron chi connectivity index (χ4n) is 1.08. The highest BCUT2D eigenvalue weighted by atomic mass is 35.5. The van der Waals surface area contributed by atoms with Gasteiger partial charge in [-0.3, -0.25) is 0 Å². The third-order valence-electron chi connectivity index (χ3n) is 1.74. The van der Waals surface area contributed by atoms with E-state index in [-0.39, 0.29) is 22.5 Å². The number of nitrogens with zero attached hydrogens (tertiary/aromatic N) is 2. The van der Waals surface area contributed by atoms with E-state index in [1.54, 1.807) is 12.1 Å². The molecule has 0 fully saturated rings. The molecular weight excluding hydrogens is 232 g/mol. The van der Waals surface area contributed by atoms with E-state index in [0.717, 1.165) is 0 Å². The van der Waals surface area contributed by atoms with Crippen LogP contribution in [-0.4, -0.2) is 20.4 Å². The van der Waals surface area contributed by atoms with E-state index >= 15 is 0 Å². The molecule has 5 nitrogen and oxygen atoms in total. The summed E-state index contributed by atoms with van der Waals surface area (Å²) in [6.45, 7) is 0. The van der Waals surface area contributed by atoms with Gasteiger partial charge in [0.25, 0.3) is 5.88 Å². The van der Waals surface area contributed by atoms with Crippen LogP contribution in [0.3, 0.4) is 0 Å². The molecule has 0 aliphatic rings. The molecule has 0 bridgehead atoms. The number of phenolic OH excluding ortho intramolecular Hbond substituents is 1. The van der Waals surface area contributed by atoms with Crippen molar-refractivity contribution in [3.63, 3.8) is 0 Å². The number of aromatic hydroxyl groups is 2. The molecule has 16 heavy (non-hydrogen) atoms. The highest BCUT2D eigenvalue weighted by Gasteiger charge is 2.07. The van der Waals surface area contributed by atoms with Gasteiger partial charge in [0.2, 0.25) is 0 Å². The van der Waals surface area contributed by atoms with Crippen molar-refractivity contribution in [1.29, 1.82) is 0 Å². The molecule has 0 aliphatic heterocycles. The molecule has 0 aliphatic carbocycles. The van der Waals surface area contributed by atoms with Crippen LogP contribution < -0.4 is 4.74 Å². The summed E-state index contributed by atoms with van der Waals surface area (Å²) in [5, 5.41) is 25.8. The molecule has 6 heteroatoms. The maximum Gasteiger partial charge on any atom is 0.281 e. The van der Waals surface area contributed by atoms with Gasteiger partial charge >= 0.3 is 0 Å². The molecule has 0 saturated heterocycles. The van der Waals surface area contributed by atoms with Crippen molar-refractivity contribution in [2.24, 2.45) is 0 Å². The van der Waals surface area contributed by atoms with Gasteiger partial charge in [-0.05, 0) is 12.1 Å². The Morgan fingerprint density at radius 3 is 2.62 bits per heavy atom. The second-order valence-corrected chi connectivity index (χ2v) is 3.34. The lowest BCUT2D eigenvalue weighted by molar-refractivity contribution is 0.389. The predicted octanol–water partition coefficient (Wildman–Crippen LogP) is 2.33. The van der Waals surface area contributed by atoms with Crippen molar-refractivity contribution in [2.45, 2.75) is 0 Å². The summed E-state index contributed by atoms with van der Waals surface area (Å²) < 4.78 is 5.20. The lowest BCUT2D eigenvalue weighted by Crippen LogP contribution is -1.91. The molecule has 2 aromatic rings. The van der Waals surface area contributed by atoms with E-state index < -0.39 is 0 Å². The Morgan fingerprint density at radius 2 is 1.94 bits per heavy atom. The van der Waals surface area contributed by atoms with Crippen molar-refractivity contribution in [3.05, 3.63) is 35.5 Å². The van der Waals surface area contributed by atoms with Crippen molar-refractivity contribution in [3.8, 4) is 23.1 Å². The van der Waals surface area contributed by atoms with E-state index in [1.165, 1.54) is 18.2 Å². The van der Waals surface area contributed by atoms with E-state index in [9.17, 15) is 10.2 Å². The number of hydrogen-bond donors (Lipinski definition) is 2. The maximum absolute atomic E-state index is 9.45. The Morgan fingerprint density at radius 1 is 1.12 bits per heavy atom. The summed E-state index contributed by atoms with van der Waals surface area (Å²) in [5.41, 5.74) is 0. The van der Waals surface area contributed by atoms with Crippen molar-refractivity contribution in [1.82, 2.24) is 10.2 Å². The maximum atomic E-state index is 9.45. The van der Waals surface area contributed by atoms with Crippen LogP contribution in [0, 0.1) is 0 Å². The number of hydrogen-bond acceptors (Lipinski definition) is 5. The summed E-state index contributed by atoms with van der Waals surface area (Å²) in [6.07, 6.45) is 0. The third-order valence-corrected chi connectivity index (χ3v) is 1.93.